The number of aromatic nitrogens is 2. The van der Waals surface area contributed by atoms with Crippen molar-refractivity contribution in [3.05, 3.63) is 24.0 Å². The van der Waals surface area contributed by atoms with Crippen LogP contribution in [0.5, 0.6) is 11.5 Å². The van der Waals surface area contributed by atoms with E-state index in [4.69, 9.17) is 15.2 Å². The van der Waals surface area contributed by atoms with Gasteiger partial charge in [-0.25, -0.2) is 4.39 Å². The highest BCUT2D eigenvalue weighted by atomic mass is 19.1. The molecule has 3 rings (SSSR count). The Morgan fingerprint density at radius 3 is 2.94 bits per heavy atom. The zero-order valence-corrected chi connectivity index (χ0v) is 9.11. The highest BCUT2D eigenvalue weighted by Gasteiger charge is 2.22. The molecule has 2 aromatic rings. The minimum absolute atomic E-state index is 0.0417. The molecule has 1 aliphatic rings. The molecule has 6 heteroatoms. The maximum absolute atomic E-state index is 14.1. The van der Waals surface area contributed by atoms with Crippen LogP contribution in [0.15, 0.2) is 18.2 Å². The van der Waals surface area contributed by atoms with E-state index in [2.05, 4.69) is 5.10 Å². The first kappa shape index (κ1) is 9.95. The van der Waals surface area contributed by atoms with Crippen LogP contribution in [0.3, 0.4) is 0 Å². The summed E-state index contributed by atoms with van der Waals surface area (Å²) in [6, 6.07) is 4.87. The molecule has 0 saturated heterocycles. The molecule has 0 atom stereocenters. The van der Waals surface area contributed by atoms with E-state index in [1.165, 1.54) is 4.68 Å². The molecule has 1 aliphatic heterocycles. The Balaban J connectivity index is 2.15. The van der Waals surface area contributed by atoms with Crippen molar-refractivity contribution in [2.75, 3.05) is 12.5 Å². The highest BCUT2D eigenvalue weighted by molar-refractivity contribution is 5.67. The number of nitrogens with zero attached hydrogens (tertiary/aromatic N) is 2. The molecule has 1 aromatic heterocycles. The molecule has 0 amide bonds. The minimum Gasteiger partial charge on any atom is -0.453 e. The molecule has 2 N–H and O–H groups in total. The Labute approximate surface area is 96.6 Å². The van der Waals surface area contributed by atoms with Crippen molar-refractivity contribution >= 4 is 5.82 Å². The molecule has 5 nitrogen and oxygen atoms in total. The van der Waals surface area contributed by atoms with Gasteiger partial charge in [-0.2, -0.15) is 5.10 Å². The Morgan fingerprint density at radius 1 is 1.41 bits per heavy atom. The lowest BCUT2D eigenvalue weighted by Gasteiger charge is -2.02. The molecule has 0 radical (unpaired) electrons. The lowest BCUT2D eigenvalue weighted by Crippen LogP contribution is -1.97. The van der Waals surface area contributed by atoms with Crippen molar-refractivity contribution in [1.82, 2.24) is 9.78 Å². The quantitative estimate of drug-likeness (QED) is 0.814. The van der Waals surface area contributed by atoms with Gasteiger partial charge in [0.15, 0.2) is 11.6 Å². The second-order valence-electron chi connectivity index (χ2n) is 3.74. The first-order chi connectivity index (χ1) is 8.16. The summed E-state index contributed by atoms with van der Waals surface area (Å²) in [6.45, 7) is 0.0417. The van der Waals surface area contributed by atoms with Crippen LogP contribution in [0.2, 0.25) is 0 Å². The van der Waals surface area contributed by atoms with E-state index in [9.17, 15) is 4.39 Å². The summed E-state index contributed by atoms with van der Waals surface area (Å²) in [4.78, 5) is 0. The van der Waals surface area contributed by atoms with Crippen LogP contribution in [0, 0.1) is 5.82 Å². The molecule has 0 saturated carbocycles. The monoisotopic (exact) mass is 235 g/mol. The molecule has 0 bridgehead atoms. The third kappa shape index (κ3) is 1.41. The van der Waals surface area contributed by atoms with E-state index in [1.807, 2.05) is 0 Å². The van der Waals surface area contributed by atoms with Crippen LogP contribution in [0.4, 0.5) is 10.2 Å². The van der Waals surface area contributed by atoms with Gasteiger partial charge in [-0.15, -0.1) is 0 Å². The summed E-state index contributed by atoms with van der Waals surface area (Å²) >= 11 is 0. The van der Waals surface area contributed by atoms with Gasteiger partial charge in [0.2, 0.25) is 12.5 Å². The van der Waals surface area contributed by atoms with Gasteiger partial charge in [-0.1, -0.05) is 0 Å². The molecule has 1 aromatic carbocycles. The van der Waals surface area contributed by atoms with Gasteiger partial charge < -0.3 is 15.2 Å². The van der Waals surface area contributed by atoms with Gasteiger partial charge >= 0.3 is 0 Å². The van der Waals surface area contributed by atoms with Gasteiger partial charge in [-0.3, -0.25) is 4.68 Å². The van der Waals surface area contributed by atoms with Crippen LogP contribution in [-0.4, -0.2) is 16.6 Å². The van der Waals surface area contributed by atoms with Gasteiger partial charge in [-0.05, 0) is 12.1 Å². The van der Waals surface area contributed by atoms with E-state index >= 15 is 0 Å². The maximum Gasteiger partial charge on any atom is 0.231 e. The minimum atomic E-state index is -0.474. The van der Waals surface area contributed by atoms with Crippen molar-refractivity contribution in [2.45, 2.75) is 0 Å². The van der Waals surface area contributed by atoms with Gasteiger partial charge in [0.1, 0.15) is 5.82 Å². The summed E-state index contributed by atoms with van der Waals surface area (Å²) in [5.41, 5.74) is 6.48. The summed E-state index contributed by atoms with van der Waals surface area (Å²) in [5.74, 6) is 0.539. The molecule has 17 heavy (non-hydrogen) atoms. The number of halogens is 1. The van der Waals surface area contributed by atoms with Gasteiger partial charge in [0, 0.05) is 18.7 Å². The van der Waals surface area contributed by atoms with E-state index in [0.717, 1.165) is 0 Å². The number of benzene rings is 1. The SMILES string of the molecule is Cn1nc(-c2ccc3c(c2F)OCO3)cc1N. The largest absolute Gasteiger partial charge is 0.453 e. The number of nitrogens with two attached hydrogens (primary N) is 1. The second kappa shape index (κ2) is 3.38. The third-order valence-corrected chi connectivity index (χ3v) is 2.67. The summed E-state index contributed by atoms with van der Waals surface area (Å²) in [5, 5.41) is 4.12. The van der Waals surface area contributed by atoms with Crippen LogP contribution >= 0.6 is 0 Å². The smallest absolute Gasteiger partial charge is 0.231 e. The zero-order chi connectivity index (χ0) is 12.0. The zero-order valence-electron chi connectivity index (χ0n) is 9.11. The molecule has 2 heterocycles. The number of hydrogen-bond acceptors (Lipinski definition) is 4. The number of nitrogen functional groups attached to an aromatic ring is 1. The lowest BCUT2D eigenvalue weighted by atomic mass is 10.1. The number of aryl methyl sites for hydroxylation is 1. The standard InChI is InChI=1S/C11H10FN3O2/c1-15-9(13)4-7(14-15)6-2-3-8-11(10(6)12)17-5-16-8/h2-4H,5,13H2,1H3. The summed E-state index contributed by atoms with van der Waals surface area (Å²) < 4.78 is 25.7. The van der Waals surface area contributed by atoms with Crippen molar-refractivity contribution < 1.29 is 13.9 Å². The highest BCUT2D eigenvalue weighted by Crippen LogP contribution is 2.39. The lowest BCUT2D eigenvalue weighted by molar-refractivity contribution is 0.171. The van der Waals surface area contributed by atoms with E-state index < -0.39 is 5.82 Å². The second-order valence-corrected chi connectivity index (χ2v) is 3.74. The van der Waals surface area contributed by atoms with Crippen molar-refractivity contribution in [3.8, 4) is 22.8 Å². The van der Waals surface area contributed by atoms with E-state index in [1.54, 1.807) is 25.2 Å². The van der Waals surface area contributed by atoms with Crippen molar-refractivity contribution in [3.63, 3.8) is 0 Å². The molecular weight excluding hydrogens is 225 g/mol. The Morgan fingerprint density at radius 2 is 2.24 bits per heavy atom. The normalized spacial score (nSPS) is 13.1. The Hall–Kier alpha value is -2.24. The van der Waals surface area contributed by atoms with Crippen LogP contribution in [0.1, 0.15) is 0 Å². The topological polar surface area (TPSA) is 62.3 Å². The number of fused-ring (bicyclic) bond motifs is 1. The number of hydrogen-bond donors (Lipinski definition) is 1. The predicted molar refractivity (Wildman–Crippen MR) is 59.1 cm³/mol. The third-order valence-electron chi connectivity index (χ3n) is 2.67. The van der Waals surface area contributed by atoms with Gasteiger partial charge in [0.05, 0.1) is 5.69 Å². The summed E-state index contributed by atoms with van der Waals surface area (Å²) in [7, 11) is 1.70. The summed E-state index contributed by atoms with van der Waals surface area (Å²) in [6.07, 6.45) is 0. The Bertz CT molecular complexity index is 575. The fraction of sp³-hybridized carbons (Fsp3) is 0.182. The fourth-order valence-corrected chi connectivity index (χ4v) is 1.75. The molecule has 0 aliphatic carbocycles. The van der Waals surface area contributed by atoms with Crippen LogP contribution in [0.25, 0.3) is 11.3 Å². The first-order valence-electron chi connectivity index (χ1n) is 5.05. The van der Waals surface area contributed by atoms with Crippen LogP contribution in [-0.2, 0) is 7.05 Å². The van der Waals surface area contributed by atoms with Crippen molar-refractivity contribution in [1.29, 1.82) is 0 Å². The fourth-order valence-electron chi connectivity index (χ4n) is 1.75. The van der Waals surface area contributed by atoms with Gasteiger partial charge in [0.25, 0.3) is 0 Å². The molecule has 88 valence electrons. The molecule has 0 spiro atoms. The number of ether oxygens (including phenoxy) is 2. The van der Waals surface area contributed by atoms with Crippen LogP contribution < -0.4 is 15.2 Å². The maximum atomic E-state index is 14.1. The predicted octanol–water partition coefficient (Wildman–Crippen LogP) is 1.54. The van der Waals surface area contributed by atoms with E-state index in [-0.39, 0.29) is 12.5 Å². The Kier molecular flexibility index (Phi) is 1.98. The first-order valence-corrected chi connectivity index (χ1v) is 5.05. The molecular formula is C11H10FN3O2. The van der Waals surface area contributed by atoms with Crippen molar-refractivity contribution in [2.24, 2.45) is 7.05 Å². The molecule has 0 fully saturated rings. The average Bonchev–Trinajstić information content (AvgIpc) is 2.88. The molecule has 0 unspecified atom stereocenters. The van der Waals surface area contributed by atoms with E-state index in [0.29, 0.717) is 22.8 Å². The number of rotatable bonds is 1. The average molecular weight is 235 g/mol. The number of anilines is 1.